The van der Waals surface area contributed by atoms with Gasteiger partial charge in [0.2, 0.25) is 10.0 Å². The van der Waals surface area contributed by atoms with E-state index in [9.17, 15) is 27.7 Å². The van der Waals surface area contributed by atoms with E-state index in [1.54, 1.807) is 43.7 Å². The van der Waals surface area contributed by atoms with Crippen LogP contribution in [0.3, 0.4) is 0 Å². The predicted octanol–water partition coefficient (Wildman–Crippen LogP) is 2.88. The minimum absolute atomic E-state index is 0.0348. The van der Waals surface area contributed by atoms with Crippen molar-refractivity contribution in [2.24, 2.45) is 0 Å². The van der Waals surface area contributed by atoms with Gasteiger partial charge in [-0.1, -0.05) is 30.4 Å². The van der Waals surface area contributed by atoms with Gasteiger partial charge in [-0.05, 0) is 36.9 Å². The maximum atomic E-state index is 14.4. The summed E-state index contributed by atoms with van der Waals surface area (Å²) in [6.07, 6.45) is 7.46. The number of hydrogen-bond donors (Lipinski definition) is 3. The molecule has 0 saturated carbocycles. The number of pyridine rings is 1. The Bertz CT molecular complexity index is 1440. The second kappa shape index (κ2) is 13.5. The summed E-state index contributed by atoms with van der Waals surface area (Å²) in [7, 11) is -2.29. The topological polar surface area (TPSA) is 162 Å². The molecule has 0 fully saturated rings. The zero-order valence-electron chi connectivity index (χ0n) is 19.6. The Balaban J connectivity index is 0.000000521. The van der Waals surface area contributed by atoms with Crippen molar-refractivity contribution < 1.29 is 32.6 Å². The minimum atomic E-state index is -3.97. The molecule has 0 aliphatic carbocycles. The van der Waals surface area contributed by atoms with Crippen LogP contribution in [0.1, 0.15) is 16.8 Å². The van der Waals surface area contributed by atoms with Gasteiger partial charge in [-0.25, -0.2) is 26.4 Å². The van der Waals surface area contributed by atoms with E-state index in [1.165, 1.54) is 30.3 Å². The highest BCUT2D eigenvalue weighted by molar-refractivity contribution is 7.90. The molecule has 2 aromatic heterocycles. The number of nitrogens with one attached hydrogen (secondary N) is 1. The molecule has 0 aliphatic rings. The van der Waals surface area contributed by atoms with Crippen molar-refractivity contribution in [3.63, 3.8) is 0 Å². The Kier molecular flexibility index (Phi) is 10.4. The van der Waals surface area contributed by atoms with E-state index in [-0.39, 0.29) is 29.2 Å². The lowest BCUT2D eigenvalue weighted by Crippen LogP contribution is -2.19. The third kappa shape index (κ3) is 8.24. The zero-order chi connectivity index (χ0) is 27.4. The molecule has 0 radical (unpaired) electrons. The Morgan fingerprint density at radius 1 is 1.16 bits per heavy atom. The Morgan fingerprint density at radius 2 is 1.84 bits per heavy atom. The lowest BCUT2D eigenvalue weighted by atomic mass is 10.1. The number of benzene rings is 1. The number of halogens is 1. The molecule has 37 heavy (non-hydrogen) atoms. The largest absolute Gasteiger partial charge is 0.478 e. The van der Waals surface area contributed by atoms with E-state index >= 15 is 0 Å². The van der Waals surface area contributed by atoms with Crippen LogP contribution >= 0.6 is 0 Å². The number of aliphatic carboxylic acids is 2. The number of carbonyl (C=O) groups is 2. The molecule has 192 valence electrons. The third-order valence-electron chi connectivity index (χ3n) is 4.61. The first-order valence-electron chi connectivity index (χ1n) is 10.6. The molecule has 0 saturated heterocycles. The average molecular weight is 527 g/mol. The standard InChI is InChI=1S/C21H19FN4O2S.C4H4O4/c1-24-15-17-12-20(18-8-2-3-9-19(18)22)26(21(17)13-23)29(27,28)11-5-7-16-6-4-10-25-14-16;5-3(6)1-2-4(7)8/h2-10,12,14,24H,11,15H2,1H3;1-2H,(H,5,6)(H,7,8)/b;2-1+. The van der Waals surface area contributed by atoms with Gasteiger partial charge in [-0.3, -0.25) is 4.98 Å². The molecule has 0 atom stereocenters. The summed E-state index contributed by atoms with van der Waals surface area (Å²) in [6, 6.07) is 12.9. The van der Waals surface area contributed by atoms with Gasteiger partial charge in [-0.2, -0.15) is 5.26 Å². The second-order valence-corrected chi connectivity index (χ2v) is 9.13. The van der Waals surface area contributed by atoms with Crippen molar-refractivity contribution in [2.45, 2.75) is 6.54 Å². The number of nitriles is 1. The lowest BCUT2D eigenvalue weighted by molar-refractivity contribution is -0.134. The fraction of sp³-hybridized carbons (Fsp3) is 0.120. The highest BCUT2D eigenvalue weighted by Crippen LogP contribution is 2.30. The molecule has 0 spiro atoms. The quantitative estimate of drug-likeness (QED) is 0.356. The zero-order valence-corrected chi connectivity index (χ0v) is 20.4. The molecule has 3 aromatic rings. The fourth-order valence-electron chi connectivity index (χ4n) is 3.13. The van der Waals surface area contributed by atoms with Crippen molar-refractivity contribution in [3.05, 3.63) is 95.7 Å². The number of aromatic nitrogens is 2. The Hall–Kier alpha value is -4.60. The van der Waals surface area contributed by atoms with Crippen LogP contribution < -0.4 is 5.32 Å². The van der Waals surface area contributed by atoms with E-state index in [0.717, 1.165) is 9.54 Å². The van der Waals surface area contributed by atoms with Gasteiger partial charge in [0.25, 0.3) is 0 Å². The minimum Gasteiger partial charge on any atom is -0.478 e. The maximum Gasteiger partial charge on any atom is 0.328 e. The molecule has 1 aromatic carbocycles. The predicted molar refractivity (Wildman–Crippen MR) is 134 cm³/mol. The van der Waals surface area contributed by atoms with E-state index in [1.807, 2.05) is 6.07 Å². The molecule has 3 rings (SSSR count). The van der Waals surface area contributed by atoms with Gasteiger partial charge in [0.1, 0.15) is 17.6 Å². The monoisotopic (exact) mass is 526 g/mol. The van der Waals surface area contributed by atoms with Gasteiger partial charge in [0, 0.05) is 42.2 Å². The molecule has 12 heteroatoms. The van der Waals surface area contributed by atoms with Crippen molar-refractivity contribution in [2.75, 3.05) is 12.8 Å². The van der Waals surface area contributed by atoms with E-state index in [0.29, 0.717) is 17.7 Å². The first-order valence-corrected chi connectivity index (χ1v) is 12.2. The van der Waals surface area contributed by atoms with Crippen LogP contribution in [0.4, 0.5) is 4.39 Å². The van der Waals surface area contributed by atoms with Crippen molar-refractivity contribution in [3.8, 4) is 17.3 Å². The van der Waals surface area contributed by atoms with Crippen LogP contribution in [0, 0.1) is 17.1 Å². The number of carboxylic acids is 2. The molecule has 0 bridgehead atoms. The SMILES string of the molecule is CNCc1cc(-c2ccccc2F)n(S(=O)(=O)CC=Cc2cccnc2)c1C#N.O=C(O)/C=C/C(=O)O. The number of nitrogens with zero attached hydrogens (tertiary/aromatic N) is 3. The number of rotatable bonds is 9. The molecule has 10 nitrogen and oxygen atoms in total. The average Bonchev–Trinajstić information content (AvgIpc) is 3.23. The summed E-state index contributed by atoms with van der Waals surface area (Å²) in [5.41, 5.74) is 1.44. The summed E-state index contributed by atoms with van der Waals surface area (Å²) in [5, 5.41) is 28.2. The first kappa shape index (κ1) is 28.6. The second-order valence-electron chi connectivity index (χ2n) is 7.27. The van der Waals surface area contributed by atoms with Crippen LogP contribution in [-0.2, 0) is 26.2 Å². The van der Waals surface area contributed by atoms with Gasteiger partial charge in [0.05, 0.1) is 11.4 Å². The Morgan fingerprint density at radius 3 is 2.38 bits per heavy atom. The molecule has 3 N–H and O–H groups in total. The van der Waals surface area contributed by atoms with Gasteiger partial charge >= 0.3 is 11.9 Å². The van der Waals surface area contributed by atoms with Crippen LogP contribution in [-0.4, -0.2) is 52.3 Å². The van der Waals surface area contributed by atoms with Crippen LogP contribution in [0.25, 0.3) is 17.3 Å². The van der Waals surface area contributed by atoms with Crippen molar-refractivity contribution in [1.29, 1.82) is 5.26 Å². The third-order valence-corrected chi connectivity index (χ3v) is 6.16. The summed E-state index contributed by atoms with van der Waals surface area (Å²) in [6.45, 7) is 0.276. The fourth-order valence-corrected chi connectivity index (χ4v) is 4.50. The molecule has 0 unspecified atom stereocenters. The lowest BCUT2D eigenvalue weighted by Gasteiger charge is -2.11. The van der Waals surface area contributed by atoms with Crippen LogP contribution in [0.15, 0.2) is 73.1 Å². The molecular weight excluding hydrogens is 503 g/mol. The highest BCUT2D eigenvalue weighted by Gasteiger charge is 2.25. The summed E-state index contributed by atoms with van der Waals surface area (Å²) in [4.78, 5) is 23.1. The summed E-state index contributed by atoms with van der Waals surface area (Å²) < 4.78 is 41.6. The van der Waals surface area contributed by atoms with Crippen molar-refractivity contribution in [1.82, 2.24) is 14.3 Å². The van der Waals surface area contributed by atoms with Gasteiger partial charge in [-0.15, -0.1) is 0 Å². The van der Waals surface area contributed by atoms with E-state index < -0.39 is 27.8 Å². The van der Waals surface area contributed by atoms with Gasteiger partial charge in [0.15, 0.2) is 0 Å². The molecule has 0 aliphatic heterocycles. The van der Waals surface area contributed by atoms with Crippen molar-refractivity contribution >= 4 is 28.0 Å². The van der Waals surface area contributed by atoms with Crippen LogP contribution in [0.2, 0.25) is 0 Å². The van der Waals surface area contributed by atoms with Crippen LogP contribution in [0.5, 0.6) is 0 Å². The smallest absolute Gasteiger partial charge is 0.328 e. The first-order chi connectivity index (χ1) is 17.6. The Labute approximate surface area is 212 Å². The normalized spacial score (nSPS) is 11.2. The number of carboxylic acid groups (broad SMARTS) is 2. The summed E-state index contributed by atoms with van der Waals surface area (Å²) in [5.74, 6) is -3.43. The summed E-state index contributed by atoms with van der Waals surface area (Å²) >= 11 is 0. The number of hydrogen-bond acceptors (Lipinski definition) is 7. The molecular formula is C25H23FN4O6S. The molecule has 0 amide bonds. The van der Waals surface area contributed by atoms with E-state index in [4.69, 9.17) is 10.2 Å². The highest BCUT2D eigenvalue weighted by atomic mass is 32.2. The van der Waals surface area contributed by atoms with E-state index in [2.05, 4.69) is 10.3 Å². The maximum absolute atomic E-state index is 14.4. The van der Waals surface area contributed by atoms with Gasteiger partial charge < -0.3 is 15.5 Å². The molecule has 2 heterocycles.